The number of halogens is 1. The van der Waals surface area contributed by atoms with Gasteiger partial charge in [0, 0.05) is 11.3 Å². The zero-order valence-corrected chi connectivity index (χ0v) is 11.5. The molecule has 0 unspecified atom stereocenters. The Balaban J connectivity index is 2.22. The van der Waals surface area contributed by atoms with Crippen LogP contribution in [0.5, 0.6) is 0 Å². The van der Waals surface area contributed by atoms with E-state index < -0.39 is 17.4 Å². The van der Waals surface area contributed by atoms with Crippen LogP contribution in [0.1, 0.15) is 48.7 Å². The van der Waals surface area contributed by atoms with Crippen LogP contribution in [0.3, 0.4) is 0 Å². The summed E-state index contributed by atoms with van der Waals surface area (Å²) >= 11 is 5.88. The lowest BCUT2D eigenvalue weighted by Crippen LogP contribution is -2.43. The molecule has 0 bridgehead atoms. The first-order chi connectivity index (χ1) is 8.84. The lowest BCUT2D eigenvalue weighted by molar-refractivity contribution is -0.140. The third-order valence-corrected chi connectivity index (χ3v) is 3.37. The summed E-state index contributed by atoms with van der Waals surface area (Å²) in [7, 11) is 0. The van der Waals surface area contributed by atoms with Gasteiger partial charge in [0.1, 0.15) is 10.7 Å². The van der Waals surface area contributed by atoms with Crippen LogP contribution in [0.15, 0.2) is 12.1 Å². The highest BCUT2D eigenvalue weighted by Gasteiger charge is 2.51. The molecule has 1 aromatic heterocycles. The number of aromatic nitrogens is 1. The molecule has 0 saturated heterocycles. The number of pyridine rings is 1. The maximum atomic E-state index is 12.1. The molecule has 0 aliphatic heterocycles. The molecule has 5 nitrogen and oxygen atoms in total. The predicted octanol–water partition coefficient (Wildman–Crippen LogP) is 2.21. The lowest BCUT2D eigenvalue weighted by atomic mass is 10.1. The Morgan fingerprint density at radius 2 is 2.05 bits per heavy atom. The van der Waals surface area contributed by atoms with E-state index in [9.17, 15) is 9.59 Å². The van der Waals surface area contributed by atoms with Crippen molar-refractivity contribution >= 4 is 23.5 Å². The average molecular weight is 283 g/mol. The molecular formula is C13H15ClN2O3. The molecule has 102 valence electrons. The van der Waals surface area contributed by atoms with Crippen molar-refractivity contribution in [3.8, 4) is 0 Å². The van der Waals surface area contributed by atoms with Crippen molar-refractivity contribution in [2.45, 2.75) is 38.1 Å². The van der Waals surface area contributed by atoms with Crippen molar-refractivity contribution in [2.24, 2.45) is 0 Å². The minimum absolute atomic E-state index is 0.139. The van der Waals surface area contributed by atoms with Crippen LogP contribution in [0.25, 0.3) is 0 Å². The zero-order valence-electron chi connectivity index (χ0n) is 10.7. The van der Waals surface area contributed by atoms with Gasteiger partial charge in [-0.15, -0.1) is 0 Å². The van der Waals surface area contributed by atoms with E-state index in [1.54, 1.807) is 6.07 Å². The Labute approximate surface area is 116 Å². The number of nitrogens with zero attached hydrogens (tertiary/aromatic N) is 1. The van der Waals surface area contributed by atoms with Crippen molar-refractivity contribution in [2.75, 3.05) is 0 Å². The van der Waals surface area contributed by atoms with E-state index in [1.165, 1.54) is 6.07 Å². The third kappa shape index (κ3) is 2.87. The quantitative estimate of drug-likeness (QED) is 0.830. The van der Waals surface area contributed by atoms with Crippen LogP contribution in [-0.4, -0.2) is 27.5 Å². The Morgan fingerprint density at radius 1 is 1.42 bits per heavy atom. The number of rotatable bonds is 4. The fourth-order valence-electron chi connectivity index (χ4n) is 1.75. The topological polar surface area (TPSA) is 79.3 Å². The van der Waals surface area contributed by atoms with Gasteiger partial charge >= 0.3 is 5.97 Å². The summed E-state index contributed by atoms with van der Waals surface area (Å²) < 4.78 is 0. The molecule has 0 atom stereocenters. The van der Waals surface area contributed by atoms with E-state index in [0.717, 1.165) is 0 Å². The highest BCUT2D eigenvalue weighted by atomic mass is 35.5. The number of amides is 1. The molecule has 0 radical (unpaired) electrons. The number of nitrogens with one attached hydrogen (secondary N) is 1. The number of hydrogen-bond donors (Lipinski definition) is 2. The van der Waals surface area contributed by atoms with Gasteiger partial charge in [-0.2, -0.15) is 0 Å². The number of carboxylic acids is 1. The second-order valence-electron chi connectivity index (χ2n) is 5.10. The first kappa shape index (κ1) is 13.8. The molecule has 1 aliphatic carbocycles. The number of aliphatic carboxylic acids is 1. The minimum atomic E-state index is -1.09. The molecule has 1 heterocycles. The van der Waals surface area contributed by atoms with E-state index in [-0.39, 0.29) is 11.1 Å². The van der Waals surface area contributed by atoms with Crippen LogP contribution in [0, 0.1) is 0 Å². The average Bonchev–Trinajstić information content (AvgIpc) is 3.09. The SMILES string of the molecule is CC(C)c1cc(C(=O)NC2(C(=O)O)CC2)cc(Cl)n1. The van der Waals surface area contributed by atoms with E-state index in [2.05, 4.69) is 10.3 Å². The number of carboxylic acid groups (broad SMARTS) is 1. The summed E-state index contributed by atoms with van der Waals surface area (Å²) in [6.45, 7) is 3.89. The summed E-state index contributed by atoms with van der Waals surface area (Å²) in [6, 6.07) is 3.09. The monoisotopic (exact) mass is 282 g/mol. The summed E-state index contributed by atoms with van der Waals surface area (Å²) in [6.07, 6.45) is 0.924. The number of hydrogen-bond acceptors (Lipinski definition) is 3. The van der Waals surface area contributed by atoms with Crippen LogP contribution in [0.4, 0.5) is 0 Å². The molecule has 0 spiro atoms. The minimum Gasteiger partial charge on any atom is -0.480 e. The van der Waals surface area contributed by atoms with Crippen molar-refractivity contribution in [3.63, 3.8) is 0 Å². The van der Waals surface area contributed by atoms with Crippen LogP contribution >= 0.6 is 11.6 Å². The standard InChI is InChI=1S/C13H15ClN2O3/c1-7(2)9-5-8(6-10(14)15-9)11(17)16-13(3-4-13)12(18)19/h5-7H,3-4H2,1-2H3,(H,16,17)(H,18,19). The highest BCUT2D eigenvalue weighted by Crippen LogP contribution is 2.35. The molecule has 19 heavy (non-hydrogen) atoms. The summed E-state index contributed by atoms with van der Waals surface area (Å²) in [5.41, 5.74) is -0.0424. The molecule has 1 fully saturated rings. The van der Waals surface area contributed by atoms with Crippen molar-refractivity contribution in [3.05, 3.63) is 28.5 Å². The highest BCUT2D eigenvalue weighted by molar-refractivity contribution is 6.29. The van der Waals surface area contributed by atoms with Gasteiger partial charge in [-0.1, -0.05) is 25.4 Å². The lowest BCUT2D eigenvalue weighted by Gasteiger charge is -2.13. The Hall–Kier alpha value is -1.62. The fraction of sp³-hybridized carbons (Fsp3) is 0.462. The van der Waals surface area contributed by atoms with Crippen molar-refractivity contribution in [1.29, 1.82) is 0 Å². The number of carbonyl (C=O) groups is 2. The summed E-state index contributed by atoms with van der Waals surface area (Å²) in [4.78, 5) is 27.2. The van der Waals surface area contributed by atoms with Gasteiger partial charge < -0.3 is 10.4 Å². The maximum Gasteiger partial charge on any atom is 0.329 e. The Morgan fingerprint density at radius 3 is 2.53 bits per heavy atom. The second-order valence-corrected chi connectivity index (χ2v) is 5.49. The first-order valence-corrected chi connectivity index (χ1v) is 6.45. The third-order valence-electron chi connectivity index (χ3n) is 3.18. The van der Waals surface area contributed by atoms with E-state index in [4.69, 9.17) is 16.7 Å². The molecule has 2 N–H and O–H groups in total. The molecule has 1 aliphatic rings. The summed E-state index contributed by atoms with van der Waals surface area (Å²) in [5, 5.41) is 11.8. The second kappa shape index (κ2) is 4.81. The smallest absolute Gasteiger partial charge is 0.329 e. The Kier molecular flexibility index (Phi) is 3.49. The molecule has 1 amide bonds. The molecule has 0 aromatic carbocycles. The normalized spacial score (nSPS) is 16.2. The molecule has 1 saturated carbocycles. The Bertz CT molecular complexity index is 539. The van der Waals surface area contributed by atoms with Gasteiger partial charge in [-0.3, -0.25) is 4.79 Å². The van der Waals surface area contributed by atoms with E-state index in [0.29, 0.717) is 24.1 Å². The largest absolute Gasteiger partial charge is 0.480 e. The van der Waals surface area contributed by atoms with Gasteiger partial charge in [0.25, 0.3) is 5.91 Å². The first-order valence-electron chi connectivity index (χ1n) is 6.07. The summed E-state index contributed by atoms with van der Waals surface area (Å²) in [5.74, 6) is -1.28. The molecule has 1 aromatic rings. The van der Waals surface area contributed by atoms with Crippen LogP contribution < -0.4 is 5.32 Å². The van der Waals surface area contributed by atoms with E-state index >= 15 is 0 Å². The molecule has 6 heteroatoms. The van der Waals surface area contributed by atoms with Gasteiger partial charge in [0.05, 0.1) is 0 Å². The predicted molar refractivity (Wildman–Crippen MR) is 70.4 cm³/mol. The van der Waals surface area contributed by atoms with Gasteiger partial charge in [0.2, 0.25) is 0 Å². The fourth-order valence-corrected chi connectivity index (χ4v) is 1.97. The van der Waals surface area contributed by atoms with Gasteiger partial charge in [-0.25, -0.2) is 9.78 Å². The molecular weight excluding hydrogens is 268 g/mol. The number of carbonyl (C=O) groups excluding carboxylic acids is 1. The van der Waals surface area contributed by atoms with Crippen molar-refractivity contribution < 1.29 is 14.7 Å². The van der Waals surface area contributed by atoms with Crippen molar-refractivity contribution in [1.82, 2.24) is 10.3 Å². The van der Waals surface area contributed by atoms with Crippen LogP contribution in [-0.2, 0) is 4.79 Å². The van der Waals surface area contributed by atoms with E-state index in [1.807, 2.05) is 13.8 Å². The van der Waals surface area contributed by atoms with Gasteiger partial charge in [0.15, 0.2) is 0 Å². The van der Waals surface area contributed by atoms with Crippen LogP contribution in [0.2, 0.25) is 5.15 Å². The zero-order chi connectivity index (χ0) is 14.2. The molecule has 2 rings (SSSR count). The van der Waals surface area contributed by atoms with Gasteiger partial charge in [-0.05, 0) is 30.9 Å². The maximum absolute atomic E-state index is 12.1.